The Morgan fingerprint density at radius 2 is 2.10 bits per heavy atom. The van der Waals surface area contributed by atoms with E-state index in [2.05, 4.69) is 10.1 Å². The van der Waals surface area contributed by atoms with E-state index in [-0.39, 0.29) is 5.76 Å². The van der Waals surface area contributed by atoms with Gasteiger partial charge in [0.25, 0.3) is 0 Å². The van der Waals surface area contributed by atoms with Gasteiger partial charge in [0.15, 0.2) is 0 Å². The Hall–Kier alpha value is -2.27. The fourth-order valence-corrected chi connectivity index (χ4v) is 1.81. The molecule has 5 heteroatoms. The van der Waals surface area contributed by atoms with Gasteiger partial charge in [0.2, 0.25) is 5.76 Å². The number of carbonyl (C=O) groups excluding carboxylic acids is 1. The second-order valence-electron chi connectivity index (χ2n) is 4.24. The maximum Gasteiger partial charge on any atom is 0.373 e. The molecule has 0 aliphatic rings. The molecule has 2 rings (SSSR count). The van der Waals surface area contributed by atoms with Gasteiger partial charge in [0, 0.05) is 12.8 Å². The SMILES string of the molecule is COCc1cccc(NCc2ccc(C(=O)OC)o2)c1. The van der Waals surface area contributed by atoms with Crippen LogP contribution < -0.4 is 5.32 Å². The molecule has 0 unspecified atom stereocenters. The van der Waals surface area contributed by atoms with E-state index in [9.17, 15) is 4.79 Å². The molecular weight excluding hydrogens is 258 g/mol. The van der Waals surface area contributed by atoms with Gasteiger partial charge in [-0.25, -0.2) is 4.79 Å². The van der Waals surface area contributed by atoms with Crippen molar-refractivity contribution in [3.63, 3.8) is 0 Å². The first kappa shape index (κ1) is 14.1. The Morgan fingerprint density at radius 1 is 1.25 bits per heavy atom. The number of nitrogens with one attached hydrogen (secondary N) is 1. The lowest BCUT2D eigenvalue weighted by Crippen LogP contribution is -2.00. The highest BCUT2D eigenvalue weighted by atomic mass is 16.5. The molecule has 106 valence electrons. The molecule has 0 saturated heterocycles. The lowest BCUT2D eigenvalue weighted by Gasteiger charge is -2.06. The third kappa shape index (κ3) is 3.61. The second-order valence-corrected chi connectivity index (χ2v) is 4.24. The standard InChI is InChI=1S/C15H17NO4/c1-18-10-11-4-3-5-12(8-11)16-9-13-6-7-14(20-13)15(17)19-2/h3-8,16H,9-10H2,1-2H3. The van der Waals surface area contributed by atoms with Crippen molar-refractivity contribution < 1.29 is 18.7 Å². The summed E-state index contributed by atoms with van der Waals surface area (Å²) in [7, 11) is 2.99. The van der Waals surface area contributed by atoms with Crippen LogP contribution in [-0.2, 0) is 22.6 Å². The van der Waals surface area contributed by atoms with Crippen LogP contribution in [0.1, 0.15) is 21.9 Å². The van der Waals surface area contributed by atoms with Gasteiger partial charge in [-0.1, -0.05) is 12.1 Å². The zero-order chi connectivity index (χ0) is 14.4. The zero-order valence-electron chi connectivity index (χ0n) is 11.5. The summed E-state index contributed by atoms with van der Waals surface area (Å²) in [5, 5.41) is 3.23. The predicted molar refractivity (Wildman–Crippen MR) is 74.5 cm³/mol. The Bertz CT molecular complexity index is 577. The maximum absolute atomic E-state index is 11.3. The van der Waals surface area contributed by atoms with Crippen molar-refractivity contribution in [1.29, 1.82) is 0 Å². The number of carbonyl (C=O) groups is 1. The van der Waals surface area contributed by atoms with Gasteiger partial charge < -0.3 is 19.2 Å². The summed E-state index contributed by atoms with van der Waals surface area (Å²) >= 11 is 0. The first-order valence-electron chi connectivity index (χ1n) is 6.21. The molecule has 0 bridgehead atoms. The summed E-state index contributed by atoms with van der Waals surface area (Å²) in [6.45, 7) is 1.07. The van der Waals surface area contributed by atoms with E-state index < -0.39 is 5.97 Å². The van der Waals surface area contributed by atoms with Crippen LogP contribution in [-0.4, -0.2) is 20.2 Å². The minimum absolute atomic E-state index is 0.206. The van der Waals surface area contributed by atoms with Crippen molar-refractivity contribution in [3.8, 4) is 0 Å². The average molecular weight is 275 g/mol. The largest absolute Gasteiger partial charge is 0.463 e. The monoisotopic (exact) mass is 275 g/mol. The summed E-state index contributed by atoms with van der Waals surface area (Å²) in [6, 6.07) is 11.3. The predicted octanol–water partition coefficient (Wildman–Crippen LogP) is 2.82. The highest BCUT2D eigenvalue weighted by molar-refractivity contribution is 5.86. The summed E-state index contributed by atoms with van der Waals surface area (Å²) in [5.41, 5.74) is 2.06. The van der Waals surface area contributed by atoms with E-state index in [0.29, 0.717) is 18.9 Å². The van der Waals surface area contributed by atoms with Gasteiger partial charge in [-0.05, 0) is 29.8 Å². The van der Waals surface area contributed by atoms with Crippen LogP contribution in [0.4, 0.5) is 5.69 Å². The molecule has 1 heterocycles. The molecule has 5 nitrogen and oxygen atoms in total. The lowest BCUT2D eigenvalue weighted by atomic mass is 10.2. The lowest BCUT2D eigenvalue weighted by molar-refractivity contribution is 0.0563. The number of rotatable bonds is 6. The minimum atomic E-state index is -0.474. The number of esters is 1. The Balaban J connectivity index is 1.96. The van der Waals surface area contributed by atoms with Crippen molar-refractivity contribution >= 4 is 11.7 Å². The summed E-state index contributed by atoms with van der Waals surface area (Å²) in [4.78, 5) is 11.3. The van der Waals surface area contributed by atoms with Crippen LogP contribution in [0.3, 0.4) is 0 Å². The van der Waals surface area contributed by atoms with Gasteiger partial charge in [-0.3, -0.25) is 0 Å². The highest BCUT2D eigenvalue weighted by Gasteiger charge is 2.10. The van der Waals surface area contributed by atoms with Gasteiger partial charge in [-0.2, -0.15) is 0 Å². The van der Waals surface area contributed by atoms with Gasteiger partial charge in [-0.15, -0.1) is 0 Å². The fraction of sp³-hybridized carbons (Fsp3) is 0.267. The Labute approximate surface area is 117 Å². The van der Waals surface area contributed by atoms with E-state index in [1.54, 1.807) is 19.2 Å². The van der Waals surface area contributed by atoms with E-state index in [1.807, 2.05) is 24.3 Å². The summed E-state index contributed by atoms with van der Waals surface area (Å²) in [6.07, 6.45) is 0. The summed E-state index contributed by atoms with van der Waals surface area (Å²) < 4.78 is 15.1. The highest BCUT2D eigenvalue weighted by Crippen LogP contribution is 2.14. The van der Waals surface area contributed by atoms with Gasteiger partial charge >= 0.3 is 5.97 Å². The molecule has 0 radical (unpaired) electrons. The smallest absolute Gasteiger partial charge is 0.373 e. The molecule has 0 aliphatic carbocycles. The minimum Gasteiger partial charge on any atom is -0.463 e. The topological polar surface area (TPSA) is 60.7 Å². The van der Waals surface area contributed by atoms with Crippen LogP contribution in [0.5, 0.6) is 0 Å². The van der Waals surface area contributed by atoms with Crippen molar-refractivity contribution in [2.75, 3.05) is 19.5 Å². The number of ether oxygens (including phenoxy) is 2. The Morgan fingerprint density at radius 3 is 2.85 bits per heavy atom. The molecule has 1 N–H and O–H groups in total. The number of benzene rings is 1. The molecule has 1 aromatic carbocycles. The van der Waals surface area contributed by atoms with Crippen LogP contribution >= 0.6 is 0 Å². The van der Waals surface area contributed by atoms with Crippen molar-refractivity contribution in [2.24, 2.45) is 0 Å². The first-order chi connectivity index (χ1) is 9.72. The van der Waals surface area contributed by atoms with Crippen LogP contribution in [0.25, 0.3) is 0 Å². The number of hydrogen-bond donors (Lipinski definition) is 1. The van der Waals surface area contributed by atoms with E-state index in [4.69, 9.17) is 9.15 Å². The van der Waals surface area contributed by atoms with Gasteiger partial charge in [0.05, 0.1) is 20.3 Å². The average Bonchev–Trinajstić information content (AvgIpc) is 2.94. The van der Waals surface area contributed by atoms with Crippen molar-refractivity contribution in [2.45, 2.75) is 13.2 Å². The molecular formula is C15H17NO4. The van der Waals surface area contributed by atoms with E-state index >= 15 is 0 Å². The van der Waals surface area contributed by atoms with Crippen LogP contribution in [0.15, 0.2) is 40.8 Å². The van der Waals surface area contributed by atoms with Crippen molar-refractivity contribution in [3.05, 3.63) is 53.5 Å². The second kappa shape index (κ2) is 6.77. The number of anilines is 1. The normalized spacial score (nSPS) is 10.3. The van der Waals surface area contributed by atoms with E-state index in [1.165, 1.54) is 7.11 Å². The number of furan rings is 1. The molecule has 0 aliphatic heterocycles. The quantitative estimate of drug-likeness (QED) is 0.821. The van der Waals surface area contributed by atoms with Crippen LogP contribution in [0, 0.1) is 0 Å². The molecule has 0 saturated carbocycles. The molecule has 0 fully saturated rings. The van der Waals surface area contributed by atoms with Gasteiger partial charge in [0.1, 0.15) is 5.76 Å². The first-order valence-corrected chi connectivity index (χ1v) is 6.21. The Kier molecular flexibility index (Phi) is 4.79. The maximum atomic E-state index is 11.3. The van der Waals surface area contributed by atoms with Crippen LogP contribution in [0.2, 0.25) is 0 Å². The third-order valence-electron chi connectivity index (χ3n) is 2.75. The number of methoxy groups -OCH3 is 2. The molecule has 0 atom stereocenters. The summed E-state index contributed by atoms with van der Waals surface area (Å²) in [5.74, 6) is 0.401. The molecule has 2 aromatic rings. The van der Waals surface area contributed by atoms with Crippen molar-refractivity contribution in [1.82, 2.24) is 0 Å². The number of hydrogen-bond acceptors (Lipinski definition) is 5. The fourth-order valence-electron chi connectivity index (χ4n) is 1.81. The van der Waals surface area contributed by atoms with E-state index in [0.717, 1.165) is 11.3 Å². The molecule has 1 aromatic heterocycles. The molecule has 0 amide bonds. The third-order valence-corrected chi connectivity index (χ3v) is 2.75. The molecule has 0 spiro atoms. The molecule has 20 heavy (non-hydrogen) atoms. The zero-order valence-corrected chi connectivity index (χ0v) is 11.5.